The lowest BCUT2D eigenvalue weighted by Gasteiger charge is -2.42. The van der Waals surface area contributed by atoms with Gasteiger partial charge in [0.15, 0.2) is 16.6 Å². The van der Waals surface area contributed by atoms with Crippen LogP contribution in [0.25, 0.3) is 0 Å². The topological polar surface area (TPSA) is 63.2 Å². The molecule has 0 aromatic heterocycles. The van der Waals surface area contributed by atoms with Crippen molar-refractivity contribution < 1.29 is 26.0 Å². The van der Waals surface area contributed by atoms with E-state index in [2.05, 4.69) is 78.9 Å². The van der Waals surface area contributed by atoms with Gasteiger partial charge in [-0.1, -0.05) is 6.92 Å². The summed E-state index contributed by atoms with van der Waals surface area (Å²) < 4.78 is 30.6. The molecule has 27 heavy (non-hydrogen) atoms. The van der Waals surface area contributed by atoms with Crippen molar-refractivity contribution in [1.82, 2.24) is 0 Å². The van der Waals surface area contributed by atoms with Crippen LogP contribution in [0.15, 0.2) is 0 Å². The zero-order chi connectivity index (χ0) is 21.7. The molecule has 1 unspecified atom stereocenters. The molecule has 0 saturated heterocycles. The van der Waals surface area contributed by atoms with Crippen molar-refractivity contribution in [3.05, 3.63) is 0 Å². The maximum absolute atomic E-state index is 10.3. The Morgan fingerprint density at radius 3 is 1.52 bits per heavy atom. The van der Waals surface area contributed by atoms with Gasteiger partial charge in [-0.15, -0.1) is 0 Å². The predicted octanol–water partition coefficient (Wildman–Crippen LogP) is 4.92. The fraction of sp³-hybridized carbons (Fsp3) is 0.938. The van der Waals surface area contributed by atoms with Gasteiger partial charge in [-0.25, -0.2) is 4.79 Å². The van der Waals surface area contributed by atoms with Crippen molar-refractivity contribution in [1.29, 1.82) is 0 Å². The van der Waals surface area contributed by atoms with Crippen molar-refractivity contribution in [3.63, 3.8) is 0 Å². The SMILES string of the molecule is CC(CO[C]=O)C[Si](C)(C)O[Si](C)(C)O[Si](C)(C)O[Si](C)(C)O[Si](C)(C)C. The number of hydrogen-bond acceptors (Lipinski definition) is 6. The molecule has 0 spiro atoms. The molecule has 6 nitrogen and oxygen atoms in total. The maximum Gasteiger partial charge on any atom is 0.417 e. The average molecular weight is 470 g/mol. The third-order valence-electron chi connectivity index (χ3n) is 3.32. The number of hydrogen-bond donors (Lipinski definition) is 0. The lowest BCUT2D eigenvalue weighted by molar-refractivity contribution is 0.236. The van der Waals surface area contributed by atoms with E-state index in [1.807, 2.05) is 0 Å². The second-order valence-electron chi connectivity index (χ2n) is 10.2. The lowest BCUT2D eigenvalue weighted by Crippen LogP contribution is -2.58. The highest BCUT2D eigenvalue weighted by Gasteiger charge is 2.45. The largest absolute Gasteiger partial charge is 0.457 e. The first-order valence-electron chi connectivity index (χ1n) is 9.58. The van der Waals surface area contributed by atoms with Crippen LogP contribution in [0.1, 0.15) is 6.92 Å². The van der Waals surface area contributed by atoms with Gasteiger partial charge < -0.3 is 21.2 Å². The van der Waals surface area contributed by atoms with Crippen molar-refractivity contribution in [2.45, 2.75) is 85.0 Å². The molecular formula is C16H41O6Si5. The monoisotopic (exact) mass is 469 g/mol. The van der Waals surface area contributed by atoms with Crippen LogP contribution in [0.2, 0.25) is 78.1 Å². The fourth-order valence-electron chi connectivity index (χ4n) is 3.77. The van der Waals surface area contributed by atoms with Gasteiger partial charge in [0.25, 0.3) is 0 Å². The summed E-state index contributed by atoms with van der Waals surface area (Å²) in [5.74, 6) is 0.246. The summed E-state index contributed by atoms with van der Waals surface area (Å²) in [4.78, 5) is 10.3. The van der Waals surface area contributed by atoms with E-state index in [4.69, 9.17) is 21.2 Å². The molecule has 0 rings (SSSR count). The van der Waals surface area contributed by atoms with Gasteiger partial charge in [-0.05, 0) is 84.0 Å². The standard InChI is InChI=1S/C16H41O6Si5/c1-16(13-18-15-17)14-24(5,6)20-26(9,10)22-27(11,12)21-25(7,8)19-23(2,3)4/h16H,13-14H2,1-12H3. The molecule has 0 bridgehead atoms. The van der Waals surface area contributed by atoms with Crippen LogP contribution in [0, 0.1) is 5.92 Å². The second kappa shape index (κ2) is 9.93. The summed E-state index contributed by atoms with van der Waals surface area (Å²) in [5, 5.41) is 0. The maximum atomic E-state index is 10.3. The molecule has 0 N–H and O–H groups in total. The Labute approximate surface area is 172 Å². The van der Waals surface area contributed by atoms with Gasteiger partial charge in [-0.2, -0.15) is 0 Å². The molecule has 0 amide bonds. The van der Waals surface area contributed by atoms with E-state index in [1.165, 1.54) is 6.47 Å². The Hall–Kier alpha value is 0.394. The quantitative estimate of drug-likeness (QED) is 0.357. The van der Waals surface area contributed by atoms with Gasteiger partial charge in [0.05, 0.1) is 6.61 Å². The molecule has 0 aliphatic carbocycles. The van der Waals surface area contributed by atoms with Crippen LogP contribution in [-0.4, -0.2) is 55.4 Å². The van der Waals surface area contributed by atoms with E-state index >= 15 is 0 Å². The molecular weight excluding hydrogens is 429 g/mol. The third kappa shape index (κ3) is 14.1. The second-order valence-corrected chi connectivity index (χ2v) is 30.0. The van der Waals surface area contributed by atoms with Crippen LogP contribution in [0.5, 0.6) is 0 Å². The Balaban J connectivity index is 4.93. The molecule has 161 valence electrons. The Morgan fingerprint density at radius 1 is 0.704 bits per heavy atom. The summed E-state index contributed by atoms with van der Waals surface area (Å²) >= 11 is 0. The van der Waals surface area contributed by atoms with E-state index in [0.29, 0.717) is 6.61 Å². The lowest BCUT2D eigenvalue weighted by atomic mass is 10.2. The minimum Gasteiger partial charge on any atom is -0.457 e. The molecule has 0 fully saturated rings. The Kier molecular flexibility index (Phi) is 10.1. The normalized spacial score (nSPS) is 15.6. The predicted molar refractivity (Wildman–Crippen MR) is 123 cm³/mol. The molecule has 1 radical (unpaired) electrons. The van der Waals surface area contributed by atoms with Gasteiger partial charge in [0, 0.05) is 0 Å². The fourth-order valence-corrected chi connectivity index (χ4v) is 28.2. The molecule has 0 aliphatic rings. The van der Waals surface area contributed by atoms with Crippen LogP contribution in [0.3, 0.4) is 0 Å². The molecule has 1 atom stereocenters. The summed E-state index contributed by atoms with van der Waals surface area (Å²) in [6.45, 7) is 27.4. The van der Waals surface area contributed by atoms with E-state index in [9.17, 15) is 4.79 Å². The summed E-state index contributed by atoms with van der Waals surface area (Å²) in [7, 11) is -10.7. The van der Waals surface area contributed by atoms with E-state index in [1.54, 1.807) is 0 Å². The van der Waals surface area contributed by atoms with Crippen LogP contribution in [-0.2, 0) is 26.0 Å². The average Bonchev–Trinajstić information content (AvgIpc) is 2.26. The molecule has 0 aromatic carbocycles. The molecule has 0 aromatic rings. The van der Waals surface area contributed by atoms with Gasteiger partial charge in [0.2, 0.25) is 0 Å². The van der Waals surface area contributed by atoms with E-state index < -0.39 is 42.3 Å². The minimum atomic E-state index is -2.39. The first kappa shape index (κ1) is 27.4. The van der Waals surface area contributed by atoms with Crippen LogP contribution >= 0.6 is 0 Å². The number of rotatable bonds is 13. The zero-order valence-corrected chi connectivity index (χ0v) is 24.4. The third-order valence-corrected chi connectivity index (χ3v) is 21.5. The summed E-state index contributed by atoms with van der Waals surface area (Å²) in [6, 6.07) is 0.899. The first-order chi connectivity index (χ1) is 11.8. The zero-order valence-electron chi connectivity index (χ0n) is 19.4. The van der Waals surface area contributed by atoms with E-state index in [0.717, 1.165) is 6.04 Å². The highest BCUT2D eigenvalue weighted by atomic mass is 28.5. The molecule has 11 heteroatoms. The Bertz CT molecular complexity index is 476. The van der Waals surface area contributed by atoms with Crippen LogP contribution in [0.4, 0.5) is 0 Å². The van der Waals surface area contributed by atoms with Crippen molar-refractivity contribution in [2.24, 2.45) is 5.92 Å². The number of ether oxygens (including phenoxy) is 1. The highest BCUT2D eigenvalue weighted by Crippen LogP contribution is 2.28. The van der Waals surface area contributed by atoms with E-state index in [-0.39, 0.29) is 5.92 Å². The molecule has 0 aliphatic heterocycles. The van der Waals surface area contributed by atoms with Gasteiger partial charge in [0.1, 0.15) is 0 Å². The number of carbonyl (C=O) groups excluding carboxylic acids is 1. The van der Waals surface area contributed by atoms with Crippen molar-refractivity contribution in [3.8, 4) is 0 Å². The summed E-state index contributed by atoms with van der Waals surface area (Å²) in [5.41, 5.74) is 0. The Morgan fingerprint density at radius 2 is 1.11 bits per heavy atom. The highest BCUT2D eigenvalue weighted by molar-refractivity contribution is 6.90. The first-order valence-corrected chi connectivity index (χ1v) is 24.6. The smallest absolute Gasteiger partial charge is 0.417 e. The van der Waals surface area contributed by atoms with Gasteiger partial charge in [-0.3, -0.25) is 0 Å². The van der Waals surface area contributed by atoms with Crippen molar-refractivity contribution >= 4 is 48.8 Å². The van der Waals surface area contributed by atoms with Gasteiger partial charge >= 0.3 is 32.2 Å². The minimum absolute atomic E-state index is 0.246. The molecule has 0 heterocycles. The van der Waals surface area contributed by atoms with Crippen LogP contribution < -0.4 is 0 Å². The summed E-state index contributed by atoms with van der Waals surface area (Å²) in [6.07, 6.45) is 0. The van der Waals surface area contributed by atoms with Crippen molar-refractivity contribution in [2.75, 3.05) is 6.61 Å². The molecule has 0 saturated carbocycles.